The minimum Gasteiger partial charge on any atom is -0.399 e. The zero-order chi connectivity index (χ0) is 13.9. The molecule has 2 N–H and O–H groups in total. The van der Waals surface area contributed by atoms with Crippen molar-refractivity contribution in [3.8, 4) is 0 Å². The molecule has 20 heavy (non-hydrogen) atoms. The Bertz CT molecular complexity index is 720. The first-order valence-corrected chi connectivity index (χ1v) is 7.11. The normalized spacial score (nSPS) is 11.2. The predicted molar refractivity (Wildman–Crippen MR) is 77.6 cm³/mol. The van der Waals surface area contributed by atoms with Crippen LogP contribution >= 0.6 is 11.3 Å². The van der Waals surface area contributed by atoms with Crippen LogP contribution in [-0.2, 0) is 24.2 Å². The van der Waals surface area contributed by atoms with E-state index in [0.717, 1.165) is 34.3 Å². The molecule has 0 atom stereocenters. The number of hydrogen-bond donors (Lipinski definition) is 1. The molecule has 3 aromatic rings. The van der Waals surface area contributed by atoms with E-state index in [4.69, 9.17) is 10.5 Å². The summed E-state index contributed by atoms with van der Waals surface area (Å²) >= 11 is 1.56. The Morgan fingerprint density at radius 3 is 3.00 bits per heavy atom. The summed E-state index contributed by atoms with van der Waals surface area (Å²) in [5.41, 5.74) is 7.79. The fourth-order valence-electron chi connectivity index (χ4n) is 2.02. The SMILES string of the molecule is COCc1nnc2sc(CCc3cccc(N)c3)nn12. The van der Waals surface area contributed by atoms with Gasteiger partial charge in [-0.25, -0.2) is 0 Å². The lowest BCUT2D eigenvalue weighted by molar-refractivity contribution is 0.176. The second-order valence-corrected chi connectivity index (χ2v) is 5.52. The third kappa shape index (κ3) is 2.63. The number of nitrogens with two attached hydrogens (primary N) is 1. The van der Waals surface area contributed by atoms with Gasteiger partial charge >= 0.3 is 0 Å². The zero-order valence-corrected chi connectivity index (χ0v) is 11.9. The summed E-state index contributed by atoms with van der Waals surface area (Å²) in [4.78, 5) is 0.805. The van der Waals surface area contributed by atoms with E-state index < -0.39 is 0 Å². The highest BCUT2D eigenvalue weighted by atomic mass is 32.1. The van der Waals surface area contributed by atoms with Crippen LogP contribution in [0.3, 0.4) is 0 Å². The Morgan fingerprint density at radius 1 is 1.30 bits per heavy atom. The van der Waals surface area contributed by atoms with Crippen molar-refractivity contribution < 1.29 is 4.74 Å². The van der Waals surface area contributed by atoms with Gasteiger partial charge in [0, 0.05) is 19.2 Å². The van der Waals surface area contributed by atoms with Gasteiger partial charge in [0.25, 0.3) is 0 Å². The quantitative estimate of drug-likeness (QED) is 0.723. The van der Waals surface area contributed by atoms with Gasteiger partial charge in [-0.1, -0.05) is 23.5 Å². The summed E-state index contributed by atoms with van der Waals surface area (Å²) in [6, 6.07) is 7.94. The van der Waals surface area contributed by atoms with E-state index in [1.54, 1.807) is 23.0 Å². The fourth-order valence-corrected chi connectivity index (χ4v) is 2.87. The minimum absolute atomic E-state index is 0.416. The van der Waals surface area contributed by atoms with E-state index >= 15 is 0 Å². The minimum atomic E-state index is 0.416. The number of aryl methyl sites for hydroxylation is 2. The predicted octanol–water partition coefficient (Wildman–Crippen LogP) is 1.70. The molecular weight excluding hydrogens is 274 g/mol. The highest BCUT2D eigenvalue weighted by Gasteiger charge is 2.11. The Morgan fingerprint density at radius 2 is 2.20 bits per heavy atom. The zero-order valence-electron chi connectivity index (χ0n) is 11.1. The standard InChI is InChI=1S/C13H15N5OS/c1-19-8-11-15-16-13-18(11)17-12(20-13)6-5-9-3-2-4-10(14)7-9/h2-4,7H,5-6,8,14H2,1H3. The third-order valence-corrected chi connectivity index (χ3v) is 3.91. The number of nitrogens with zero attached hydrogens (tertiary/aromatic N) is 4. The summed E-state index contributed by atoms with van der Waals surface area (Å²) in [5.74, 6) is 0.731. The van der Waals surface area contributed by atoms with Gasteiger partial charge in [0.05, 0.1) is 0 Å². The maximum Gasteiger partial charge on any atom is 0.234 e. The Hall–Kier alpha value is -1.99. The number of methoxy groups -OCH3 is 1. The van der Waals surface area contributed by atoms with Crippen LogP contribution < -0.4 is 5.73 Å². The van der Waals surface area contributed by atoms with E-state index in [1.165, 1.54) is 5.56 Å². The molecule has 1 aromatic carbocycles. The monoisotopic (exact) mass is 289 g/mol. The third-order valence-electron chi connectivity index (χ3n) is 2.95. The van der Waals surface area contributed by atoms with E-state index in [2.05, 4.69) is 21.4 Å². The van der Waals surface area contributed by atoms with Gasteiger partial charge in [0.15, 0.2) is 5.82 Å². The fraction of sp³-hybridized carbons (Fsp3) is 0.308. The van der Waals surface area contributed by atoms with Crippen LogP contribution in [0.2, 0.25) is 0 Å². The van der Waals surface area contributed by atoms with Crippen LogP contribution in [0.25, 0.3) is 4.96 Å². The first kappa shape index (κ1) is 13.0. The molecule has 0 saturated heterocycles. The molecule has 0 radical (unpaired) electrons. The maximum atomic E-state index is 5.78. The molecule has 6 nitrogen and oxygen atoms in total. The number of anilines is 1. The summed E-state index contributed by atoms with van der Waals surface area (Å²) < 4.78 is 6.83. The van der Waals surface area contributed by atoms with Gasteiger partial charge in [0.2, 0.25) is 4.96 Å². The highest BCUT2D eigenvalue weighted by molar-refractivity contribution is 7.16. The number of rotatable bonds is 5. The lowest BCUT2D eigenvalue weighted by Gasteiger charge is -2.00. The van der Waals surface area contributed by atoms with Crippen molar-refractivity contribution in [1.82, 2.24) is 19.8 Å². The molecule has 2 heterocycles. The van der Waals surface area contributed by atoms with Crippen molar-refractivity contribution in [3.63, 3.8) is 0 Å². The summed E-state index contributed by atoms with van der Waals surface area (Å²) in [6.45, 7) is 0.416. The Balaban J connectivity index is 1.74. The molecule has 0 amide bonds. The second-order valence-electron chi connectivity index (χ2n) is 4.48. The topological polar surface area (TPSA) is 78.3 Å². The summed E-state index contributed by atoms with van der Waals surface area (Å²) in [5, 5.41) is 13.7. The molecule has 104 valence electrons. The molecule has 3 rings (SSSR count). The van der Waals surface area contributed by atoms with E-state index in [-0.39, 0.29) is 0 Å². The molecule has 0 bridgehead atoms. The van der Waals surface area contributed by atoms with Crippen LogP contribution in [0.5, 0.6) is 0 Å². The van der Waals surface area contributed by atoms with Crippen molar-refractivity contribution in [3.05, 3.63) is 40.7 Å². The lowest BCUT2D eigenvalue weighted by atomic mass is 10.1. The molecule has 0 aliphatic heterocycles. The summed E-state index contributed by atoms with van der Waals surface area (Å²) in [6.07, 6.45) is 1.78. The number of ether oxygens (including phenoxy) is 1. The first-order chi connectivity index (χ1) is 9.76. The molecule has 0 saturated carbocycles. The number of benzene rings is 1. The number of fused-ring (bicyclic) bond motifs is 1. The van der Waals surface area contributed by atoms with Crippen LogP contribution in [0.1, 0.15) is 16.4 Å². The molecule has 2 aromatic heterocycles. The Kier molecular flexibility index (Phi) is 3.62. The smallest absolute Gasteiger partial charge is 0.234 e. The van der Waals surface area contributed by atoms with Crippen LogP contribution in [0, 0.1) is 0 Å². The van der Waals surface area contributed by atoms with Crippen molar-refractivity contribution in [2.45, 2.75) is 19.4 Å². The van der Waals surface area contributed by atoms with E-state index in [9.17, 15) is 0 Å². The van der Waals surface area contributed by atoms with Gasteiger partial charge < -0.3 is 10.5 Å². The molecule has 0 aliphatic carbocycles. The van der Waals surface area contributed by atoms with Gasteiger partial charge in [0.1, 0.15) is 11.6 Å². The van der Waals surface area contributed by atoms with Crippen molar-refractivity contribution in [1.29, 1.82) is 0 Å². The lowest BCUT2D eigenvalue weighted by Crippen LogP contribution is -1.99. The number of aromatic nitrogens is 4. The van der Waals surface area contributed by atoms with Gasteiger partial charge in [-0.15, -0.1) is 10.2 Å². The summed E-state index contributed by atoms with van der Waals surface area (Å²) in [7, 11) is 1.63. The molecule has 7 heteroatoms. The Labute approximate surface area is 120 Å². The maximum absolute atomic E-state index is 5.78. The molecule has 0 spiro atoms. The van der Waals surface area contributed by atoms with Crippen molar-refractivity contribution in [2.75, 3.05) is 12.8 Å². The molecular formula is C13H15N5OS. The van der Waals surface area contributed by atoms with Crippen LogP contribution in [0.4, 0.5) is 5.69 Å². The van der Waals surface area contributed by atoms with E-state index in [0.29, 0.717) is 6.61 Å². The van der Waals surface area contributed by atoms with Gasteiger partial charge in [-0.3, -0.25) is 0 Å². The van der Waals surface area contributed by atoms with Gasteiger partial charge in [-0.05, 0) is 24.1 Å². The molecule has 0 aliphatic rings. The number of hydrogen-bond acceptors (Lipinski definition) is 6. The molecule has 0 unspecified atom stereocenters. The van der Waals surface area contributed by atoms with Crippen molar-refractivity contribution >= 4 is 22.0 Å². The largest absolute Gasteiger partial charge is 0.399 e. The first-order valence-electron chi connectivity index (χ1n) is 6.29. The average Bonchev–Trinajstić information content (AvgIpc) is 2.99. The average molecular weight is 289 g/mol. The number of nitrogen functional groups attached to an aromatic ring is 1. The van der Waals surface area contributed by atoms with Crippen LogP contribution in [-0.4, -0.2) is 26.9 Å². The van der Waals surface area contributed by atoms with Crippen molar-refractivity contribution in [2.24, 2.45) is 0 Å². The molecule has 0 fully saturated rings. The van der Waals surface area contributed by atoms with Crippen LogP contribution in [0.15, 0.2) is 24.3 Å². The highest BCUT2D eigenvalue weighted by Crippen LogP contribution is 2.17. The second kappa shape index (κ2) is 5.56. The van der Waals surface area contributed by atoms with E-state index in [1.807, 2.05) is 18.2 Å². The van der Waals surface area contributed by atoms with Gasteiger partial charge in [-0.2, -0.15) is 9.61 Å².